The summed E-state index contributed by atoms with van der Waals surface area (Å²) < 4.78 is 19.5. The first-order valence-electron chi connectivity index (χ1n) is 7.72. The summed E-state index contributed by atoms with van der Waals surface area (Å²) in [5, 5.41) is 5.73. The molecule has 2 aromatic rings. The Morgan fingerprint density at radius 3 is 2.17 bits per heavy atom. The Morgan fingerprint density at radius 1 is 1.04 bits per heavy atom. The maximum atomic E-state index is 14.1. The van der Waals surface area contributed by atoms with Crippen molar-refractivity contribution >= 4 is 17.8 Å². The van der Waals surface area contributed by atoms with Gasteiger partial charge < -0.3 is 9.30 Å². The molecule has 1 atom stereocenters. The first-order chi connectivity index (χ1) is 11.3. The molecular formula is C18H23N2O3P. The van der Waals surface area contributed by atoms with Gasteiger partial charge in [0, 0.05) is 5.30 Å². The summed E-state index contributed by atoms with van der Waals surface area (Å²) in [6, 6.07) is 16.4. The van der Waals surface area contributed by atoms with Crippen LogP contribution in [0.2, 0.25) is 0 Å². The van der Waals surface area contributed by atoms with Gasteiger partial charge in [-0.05, 0) is 32.9 Å². The molecule has 5 nitrogen and oxygen atoms in total. The van der Waals surface area contributed by atoms with E-state index in [1.807, 2.05) is 63.2 Å². The van der Waals surface area contributed by atoms with E-state index in [0.29, 0.717) is 16.4 Å². The van der Waals surface area contributed by atoms with Gasteiger partial charge in [0.15, 0.2) is 7.14 Å². The fourth-order valence-corrected chi connectivity index (χ4v) is 5.39. The molecule has 1 unspecified atom stereocenters. The van der Waals surface area contributed by atoms with Crippen LogP contribution in [0.5, 0.6) is 5.75 Å². The lowest BCUT2D eigenvalue weighted by Gasteiger charge is -2.33. The third kappa shape index (κ3) is 3.68. The molecule has 6 heteroatoms. The smallest absolute Gasteiger partial charge is 0.167 e. The number of hydrogen-bond donors (Lipinski definition) is 0. The second kappa shape index (κ2) is 7.18. The van der Waals surface area contributed by atoms with Crippen LogP contribution < -0.4 is 15.3 Å². The van der Waals surface area contributed by atoms with Crippen LogP contribution >= 0.6 is 7.14 Å². The zero-order chi connectivity index (χ0) is 17.8. The van der Waals surface area contributed by atoms with Crippen molar-refractivity contribution in [3.63, 3.8) is 0 Å². The highest BCUT2D eigenvalue weighted by Gasteiger charge is 2.36. The minimum absolute atomic E-state index is 0.0182. The zero-order valence-corrected chi connectivity index (χ0v) is 15.4. The van der Waals surface area contributed by atoms with Gasteiger partial charge in [-0.3, -0.25) is 0 Å². The number of rotatable bonds is 6. The maximum Gasteiger partial charge on any atom is 0.167 e. The molecule has 0 bridgehead atoms. The van der Waals surface area contributed by atoms with Crippen LogP contribution in [0.1, 0.15) is 20.8 Å². The quantitative estimate of drug-likeness (QED) is 0.454. The maximum absolute atomic E-state index is 14.1. The number of nitrogens with zero attached hydrogens (tertiary/aromatic N) is 2. The Hall–Kier alpha value is -2.13. The molecule has 0 radical (unpaired) electrons. The Bertz CT molecular complexity index is 741. The van der Waals surface area contributed by atoms with E-state index < -0.39 is 12.7 Å². The fourth-order valence-electron chi connectivity index (χ4n) is 2.44. The van der Waals surface area contributed by atoms with E-state index in [4.69, 9.17) is 4.74 Å². The second-order valence-corrected chi connectivity index (χ2v) is 9.30. The van der Waals surface area contributed by atoms with Crippen LogP contribution in [-0.4, -0.2) is 23.9 Å². The van der Waals surface area contributed by atoms with Crippen molar-refractivity contribution in [2.75, 3.05) is 13.4 Å². The molecule has 0 aliphatic carbocycles. The van der Waals surface area contributed by atoms with Gasteiger partial charge in [-0.15, -0.1) is 4.91 Å². The van der Waals surface area contributed by atoms with Crippen molar-refractivity contribution in [2.45, 2.75) is 26.3 Å². The Morgan fingerprint density at radius 2 is 1.62 bits per heavy atom. The average Bonchev–Trinajstić information content (AvgIpc) is 2.59. The van der Waals surface area contributed by atoms with Crippen molar-refractivity contribution in [1.29, 1.82) is 0 Å². The van der Waals surface area contributed by atoms with Gasteiger partial charge in [0.25, 0.3) is 0 Å². The molecule has 0 N–H and O–H groups in total. The molecule has 0 spiro atoms. The molecule has 2 aromatic carbocycles. The fraction of sp³-hybridized carbons (Fsp3) is 0.333. The lowest BCUT2D eigenvalue weighted by Crippen LogP contribution is -2.40. The summed E-state index contributed by atoms with van der Waals surface area (Å²) in [6.45, 7) is 5.60. The summed E-state index contributed by atoms with van der Waals surface area (Å²) in [5.41, 5.74) is -0.534. The number of para-hydroxylation sites is 1. The zero-order valence-electron chi connectivity index (χ0n) is 14.5. The molecule has 0 aliphatic heterocycles. The Balaban J connectivity index is 2.63. The summed E-state index contributed by atoms with van der Waals surface area (Å²) in [4.78, 5) is 11.4. The van der Waals surface area contributed by atoms with Crippen LogP contribution in [-0.2, 0) is 4.57 Å². The summed E-state index contributed by atoms with van der Waals surface area (Å²) in [7, 11) is -1.59. The standard InChI is InChI=1S/C18H23N2O3P/c1-18(2,3)20(19-21)14-24(22,15-10-6-5-7-11-15)17-13-9-8-12-16(17)23-4/h5-13H,14H2,1-4H3. The van der Waals surface area contributed by atoms with Crippen molar-refractivity contribution in [3.8, 4) is 5.75 Å². The first kappa shape index (κ1) is 18.2. The topological polar surface area (TPSA) is 59.0 Å². The number of nitroso groups, excluding NO2 is 1. The third-order valence-corrected chi connectivity index (χ3v) is 6.80. The highest BCUT2D eigenvalue weighted by Crippen LogP contribution is 2.47. The summed E-state index contributed by atoms with van der Waals surface area (Å²) in [6.07, 6.45) is 0.0182. The molecule has 128 valence electrons. The normalized spacial score (nSPS) is 13.8. The second-order valence-electron chi connectivity index (χ2n) is 6.54. The molecule has 0 saturated carbocycles. The Kier molecular flexibility index (Phi) is 5.45. The van der Waals surface area contributed by atoms with Crippen LogP contribution in [0, 0.1) is 4.91 Å². The molecule has 0 aliphatic rings. The van der Waals surface area contributed by atoms with Crippen LogP contribution in [0.4, 0.5) is 0 Å². The largest absolute Gasteiger partial charge is 0.496 e. The van der Waals surface area contributed by atoms with E-state index in [9.17, 15) is 9.47 Å². The summed E-state index contributed by atoms with van der Waals surface area (Å²) >= 11 is 0. The molecule has 0 fully saturated rings. The van der Waals surface area contributed by atoms with E-state index in [2.05, 4.69) is 5.29 Å². The first-order valence-corrected chi connectivity index (χ1v) is 9.61. The highest BCUT2D eigenvalue weighted by molar-refractivity contribution is 7.78. The van der Waals surface area contributed by atoms with Gasteiger partial charge in [0.05, 0.1) is 23.2 Å². The van der Waals surface area contributed by atoms with Crippen molar-refractivity contribution in [2.24, 2.45) is 5.29 Å². The molecule has 2 rings (SSSR count). The van der Waals surface area contributed by atoms with Crippen molar-refractivity contribution < 1.29 is 9.30 Å². The van der Waals surface area contributed by atoms with Gasteiger partial charge in [-0.2, -0.15) is 0 Å². The van der Waals surface area contributed by atoms with E-state index in [1.54, 1.807) is 19.2 Å². The molecule has 0 amide bonds. The minimum atomic E-state index is -3.14. The van der Waals surface area contributed by atoms with Crippen molar-refractivity contribution in [1.82, 2.24) is 5.01 Å². The van der Waals surface area contributed by atoms with Crippen LogP contribution in [0.15, 0.2) is 59.9 Å². The summed E-state index contributed by atoms with van der Waals surface area (Å²) in [5.74, 6) is 0.546. The highest BCUT2D eigenvalue weighted by atomic mass is 31.2. The van der Waals surface area contributed by atoms with E-state index in [-0.39, 0.29) is 6.29 Å². The van der Waals surface area contributed by atoms with Gasteiger partial charge in [0.1, 0.15) is 12.0 Å². The SMILES string of the molecule is COc1ccccc1P(=O)(CN(N=O)C(C)(C)C)c1ccccc1. The van der Waals surface area contributed by atoms with Gasteiger partial charge in [-0.1, -0.05) is 42.5 Å². The molecule has 0 saturated heterocycles. The van der Waals surface area contributed by atoms with Gasteiger partial charge in [-0.25, -0.2) is 5.01 Å². The van der Waals surface area contributed by atoms with Crippen molar-refractivity contribution in [3.05, 3.63) is 59.5 Å². The molecule has 24 heavy (non-hydrogen) atoms. The Labute approximate surface area is 143 Å². The number of ether oxygens (including phenoxy) is 1. The third-order valence-electron chi connectivity index (χ3n) is 3.85. The lowest BCUT2D eigenvalue weighted by atomic mass is 10.1. The van der Waals surface area contributed by atoms with E-state index >= 15 is 0 Å². The number of hydrogen-bond acceptors (Lipinski definition) is 4. The predicted octanol–water partition coefficient (Wildman–Crippen LogP) is 3.75. The molecular weight excluding hydrogens is 323 g/mol. The van der Waals surface area contributed by atoms with Gasteiger partial charge in [0.2, 0.25) is 0 Å². The monoisotopic (exact) mass is 346 g/mol. The minimum Gasteiger partial charge on any atom is -0.496 e. The lowest BCUT2D eigenvalue weighted by molar-refractivity contribution is 0.167. The van der Waals surface area contributed by atoms with E-state index in [0.717, 1.165) is 0 Å². The number of methoxy groups -OCH3 is 1. The predicted molar refractivity (Wildman–Crippen MR) is 98.6 cm³/mol. The van der Waals surface area contributed by atoms with Crippen LogP contribution in [0.25, 0.3) is 0 Å². The number of benzene rings is 2. The van der Waals surface area contributed by atoms with Gasteiger partial charge >= 0.3 is 0 Å². The molecule has 0 heterocycles. The molecule has 0 aromatic heterocycles. The van der Waals surface area contributed by atoms with E-state index in [1.165, 1.54) is 5.01 Å². The van der Waals surface area contributed by atoms with Crippen LogP contribution in [0.3, 0.4) is 0 Å². The average molecular weight is 346 g/mol.